The molecule has 0 spiro atoms. The highest BCUT2D eigenvalue weighted by Gasteiger charge is 2.17. The van der Waals surface area contributed by atoms with E-state index in [9.17, 15) is 9.18 Å². The maximum Gasteiger partial charge on any atom is 0.405 e. The van der Waals surface area contributed by atoms with E-state index in [2.05, 4.69) is 10.3 Å². The van der Waals surface area contributed by atoms with Crippen molar-refractivity contribution >= 4 is 34.3 Å². The summed E-state index contributed by atoms with van der Waals surface area (Å²) in [6.45, 7) is 1.69. The highest BCUT2D eigenvalue weighted by atomic mass is 127. The molecular weight excluding hydrogens is 340 g/mol. The molecular formula is C10H9FIN3O2. The van der Waals surface area contributed by atoms with Crippen molar-refractivity contribution in [2.45, 2.75) is 13.0 Å². The van der Waals surface area contributed by atoms with Crippen LogP contribution in [-0.4, -0.2) is 20.6 Å². The number of nitrogens with zero attached hydrogens (tertiary/aromatic N) is 2. The van der Waals surface area contributed by atoms with Crippen LogP contribution in [0.25, 0.3) is 5.65 Å². The Balaban J connectivity index is 2.48. The summed E-state index contributed by atoms with van der Waals surface area (Å²) in [6, 6.07) is 2.42. The van der Waals surface area contributed by atoms with E-state index in [0.29, 0.717) is 15.0 Å². The van der Waals surface area contributed by atoms with E-state index in [1.165, 1.54) is 12.3 Å². The fraction of sp³-hybridized carbons (Fsp3) is 0.200. The van der Waals surface area contributed by atoms with Gasteiger partial charge in [-0.3, -0.25) is 4.40 Å². The van der Waals surface area contributed by atoms with Gasteiger partial charge in [0, 0.05) is 6.20 Å². The van der Waals surface area contributed by atoms with Gasteiger partial charge in [-0.2, -0.15) is 0 Å². The van der Waals surface area contributed by atoms with E-state index in [-0.39, 0.29) is 5.82 Å². The number of carboxylic acid groups (broad SMARTS) is 1. The van der Waals surface area contributed by atoms with Gasteiger partial charge in [0.1, 0.15) is 15.2 Å². The number of carbonyl (C=O) groups is 1. The first-order valence-corrected chi connectivity index (χ1v) is 5.89. The van der Waals surface area contributed by atoms with Crippen molar-refractivity contribution < 1.29 is 14.3 Å². The first-order chi connectivity index (χ1) is 7.99. The first-order valence-electron chi connectivity index (χ1n) is 4.81. The van der Waals surface area contributed by atoms with Crippen LogP contribution in [0.5, 0.6) is 0 Å². The Labute approximate surface area is 110 Å². The SMILES string of the molecule is CC(NC(=O)O)c1nc2ccc(F)cn2c1I. The smallest absolute Gasteiger partial charge is 0.405 e. The van der Waals surface area contributed by atoms with Crippen molar-refractivity contribution in [3.63, 3.8) is 0 Å². The predicted molar refractivity (Wildman–Crippen MR) is 67.4 cm³/mol. The van der Waals surface area contributed by atoms with Crippen LogP contribution in [0, 0.1) is 9.52 Å². The van der Waals surface area contributed by atoms with Crippen LogP contribution in [0.2, 0.25) is 0 Å². The maximum absolute atomic E-state index is 13.1. The molecule has 0 aliphatic rings. The molecule has 0 saturated heterocycles. The van der Waals surface area contributed by atoms with Gasteiger partial charge in [0.05, 0.1) is 11.7 Å². The number of halogens is 2. The van der Waals surface area contributed by atoms with E-state index < -0.39 is 12.1 Å². The molecule has 1 atom stereocenters. The molecule has 0 aliphatic carbocycles. The Bertz CT molecular complexity index is 584. The second kappa shape index (κ2) is 4.47. The molecule has 2 heterocycles. The normalized spacial score (nSPS) is 12.6. The monoisotopic (exact) mass is 349 g/mol. The minimum atomic E-state index is -1.11. The molecule has 0 aliphatic heterocycles. The topological polar surface area (TPSA) is 66.6 Å². The largest absolute Gasteiger partial charge is 0.465 e. The van der Waals surface area contributed by atoms with Crippen molar-refractivity contribution in [3.8, 4) is 0 Å². The van der Waals surface area contributed by atoms with Gasteiger partial charge in [-0.1, -0.05) is 0 Å². The molecule has 1 amide bonds. The molecule has 0 bridgehead atoms. The van der Waals surface area contributed by atoms with E-state index in [1.54, 1.807) is 17.4 Å². The number of aromatic nitrogens is 2. The summed E-state index contributed by atoms with van der Waals surface area (Å²) in [5.74, 6) is -0.363. The predicted octanol–water partition coefficient (Wildman–Crippen LogP) is 2.41. The van der Waals surface area contributed by atoms with Crippen LogP contribution in [0.4, 0.5) is 9.18 Å². The number of imidazole rings is 1. The van der Waals surface area contributed by atoms with E-state index in [0.717, 1.165) is 0 Å². The number of pyridine rings is 1. The summed E-state index contributed by atoms with van der Waals surface area (Å²) in [7, 11) is 0. The molecule has 2 aromatic heterocycles. The Morgan fingerprint density at radius 2 is 2.35 bits per heavy atom. The Hall–Kier alpha value is -1.38. The second-order valence-electron chi connectivity index (χ2n) is 3.53. The molecule has 0 aromatic carbocycles. The first kappa shape index (κ1) is 12.1. The number of hydrogen-bond acceptors (Lipinski definition) is 2. The van der Waals surface area contributed by atoms with Gasteiger partial charge in [-0.05, 0) is 41.6 Å². The fourth-order valence-electron chi connectivity index (χ4n) is 1.54. The zero-order valence-corrected chi connectivity index (χ0v) is 11.0. The third-order valence-corrected chi connectivity index (χ3v) is 3.37. The number of amides is 1. The minimum absolute atomic E-state index is 0.363. The molecule has 1 unspecified atom stereocenters. The molecule has 0 saturated carbocycles. The zero-order chi connectivity index (χ0) is 12.6. The second-order valence-corrected chi connectivity index (χ2v) is 4.56. The number of fused-ring (bicyclic) bond motifs is 1. The van der Waals surface area contributed by atoms with Gasteiger partial charge in [-0.15, -0.1) is 0 Å². The molecule has 5 nitrogen and oxygen atoms in total. The molecule has 0 radical (unpaired) electrons. The van der Waals surface area contributed by atoms with Gasteiger partial charge < -0.3 is 10.4 Å². The van der Waals surface area contributed by atoms with Gasteiger partial charge in [0.15, 0.2) is 0 Å². The van der Waals surface area contributed by atoms with Gasteiger partial charge in [-0.25, -0.2) is 14.2 Å². The molecule has 2 N–H and O–H groups in total. The molecule has 2 rings (SSSR count). The molecule has 17 heavy (non-hydrogen) atoms. The summed E-state index contributed by atoms with van der Waals surface area (Å²) in [5.41, 5.74) is 1.17. The van der Waals surface area contributed by atoms with Gasteiger partial charge in [0.2, 0.25) is 0 Å². The Kier molecular flexibility index (Phi) is 3.18. The highest BCUT2D eigenvalue weighted by Crippen LogP contribution is 2.21. The number of nitrogens with one attached hydrogen (secondary N) is 1. The maximum atomic E-state index is 13.1. The number of rotatable bonds is 2. The lowest BCUT2D eigenvalue weighted by Crippen LogP contribution is -2.25. The summed E-state index contributed by atoms with van der Waals surface area (Å²) < 4.78 is 15.4. The van der Waals surface area contributed by atoms with Crippen LogP contribution < -0.4 is 5.32 Å². The van der Waals surface area contributed by atoms with E-state index in [4.69, 9.17) is 5.11 Å². The van der Waals surface area contributed by atoms with Crippen LogP contribution in [0.15, 0.2) is 18.3 Å². The van der Waals surface area contributed by atoms with Crippen molar-refractivity contribution in [2.75, 3.05) is 0 Å². The average molecular weight is 349 g/mol. The summed E-state index contributed by atoms with van der Waals surface area (Å²) in [4.78, 5) is 14.8. The molecule has 2 aromatic rings. The summed E-state index contributed by atoms with van der Waals surface area (Å²) >= 11 is 2.01. The standard InChI is InChI=1S/C10H9FIN3O2/c1-5(13-10(16)17)8-9(12)15-4-6(11)2-3-7(15)14-8/h2-5,13H,1H3,(H,16,17). The molecule has 90 valence electrons. The van der Waals surface area contributed by atoms with Crippen molar-refractivity contribution in [1.82, 2.24) is 14.7 Å². The van der Waals surface area contributed by atoms with Crippen molar-refractivity contribution in [2.24, 2.45) is 0 Å². The summed E-state index contributed by atoms with van der Waals surface area (Å²) in [6.07, 6.45) is 0.206. The van der Waals surface area contributed by atoms with Crippen LogP contribution in [0.1, 0.15) is 18.7 Å². The van der Waals surface area contributed by atoms with Gasteiger partial charge in [0.25, 0.3) is 0 Å². The third-order valence-electron chi connectivity index (χ3n) is 2.30. The Morgan fingerprint density at radius 1 is 1.65 bits per heavy atom. The number of hydrogen-bond donors (Lipinski definition) is 2. The lowest BCUT2D eigenvalue weighted by Gasteiger charge is -2.08. The van der Waals surface area contributed by atoms with Crippen molar-refractivity contribution in [3.05, 3.63) is 33.5 Å². The highest BCUT2D eigenvalue weighted by molar-refractivity contribution is 14.1. The zero-order valence-electron chi connectivity index (χ0n) is 8.82. The lowest BCUT2D eigenvalue weighted by atomic mass is 10.3. The molecule has 7 heteroatoms. The van der Waals surface area contributed by atoms with Crippen LogP contribution in [-0.2, 0) is 0 Å². The fourth-order valence-corrected chi connectivity index (χ4v) is 2.51. The quantitative estimate of drug-likeness (QED) is 0.819. The Morgan fingerprint density at radius 3 is 3.00 bits per heavy atom. The van der Waals surface area contributed by atoms with Crippen LogP contribution >= 0.6 is 22.6 Å². The minimum Gasteiger partial charge on any atom is -0.465 e. The van der Waals surface area contributed by atoms with Crippen LogP contribution in [0.3, 0.4) is 0 Å². The van der Waals surface area contributed by atoms with Gasteiger partial charge >= 0.3 is 6.09 Å². The lowest BCUT2D eigenvalue weighted by molar-refractivity contribution is 0.190. The molecule has 0 fully saturated rings. The van der Waals surface area contributed by atoms with E-state index >= 15 is 0 Å². The average Bonchev–Trinajstić information content (AvgIpc) is 2.55. The third kappa shape index (κ3) is 2.33. The van der Waals surface area contributed by atoms with E-state index in [1.807, 2.05) is 22.6 Å². The summed E-state index contributed by atoms with van der Waals surface area (Å²) in [5, 5.41) is 11.0. The van der Waals surface area contributed by atoms with Crippen molar-refractivity contribution in [1.29, 1.82) is 0 Å².